The van der Waals surface area contributed by atoms with Crippen LogP contribution in [-0.4, -0.2) is 36.9 Å². The zero-order valence-electron chi connectivity index (χ0n) is 11.7. The van der Waals surface area contributed by atoms with Crippen LogP contribution in [0.1, 0.15) is 15.9 Å². The third-order valence-electron chi connectivity index (χ3n) is 3.72. The predicted octanol–water partition coefficient (Wildman–Crippen LogP) is 3.69. The highest BCUT2D eigenvalue weighted by Crippen LogP contribution is 2.31. The lowest BCUT2D eigenvalue weighted by Gasteiger charge is -2.29. The van der Waals surface area contributed by atoms with E-state index in [0.717, 1.165) is 27.5 Å². The van der Waals surface area contributed by atoms with E-state index in [1.165, 1.54) is 0 Å². The van der Waals surface area contributed by atoms with Gasteiger partial charge in [0.2, 0.25) is 0 Å². The molecule has 0 amide bonds. The second-order valence-electron chi connectivity index (χ2n) is 5.96. The summed E-state index contributed by atoms with van der Waals surface area (Å²) >= 11 is 5.97. The average molecular weight is 287 g/mol. The lowest BCUT2D eigenvalue weighted by Crippen LogP contribution is -2.41. The Morgan fingerprint density at radius 2 is 1.80 bits per heavy atom. The number of benzene rings is 2. The molecule has 0 saturated carbocycles. The summed E-state index contributed by atoms with van der Waals surface area (Å²) in [4.78, 5) is 12.7. The maximum Gasteiger partial charge on any atom is 0.195 e. The van der Waals surface area contributed by atoms with Crippen LogP contribution < -0.4 is 0 Å². The van der Waals surface area contributed by atoms with Gasteiger partial charge in [-0.1, -0.05) is 48.0 Å². The number of alkyl halides is 1. The first-order valence-electron chi connectivity index (χ1n) is 6.67. The Morgan fingerprint density at radius 1 is 1.10 bits per heavy atom. The van der Waals surface area contributed by atoms with Gasteiger partial charge in [0.1, 0.15) is 6.54 Å². The van der Waals surface area contributed by atoms with Crippen LogP contribution in [0.25, 0.3) is 16.8 Å². The highest BCUT2D eigenvalue weighted by atomic mass is 35.5. The van der Waals surface area contributed by atoms with Gasteiger partial charge in [0, 0.05) is 10.9 Å². The Bertz CT molecular complexity index is 726. The fourth-order valence-corrected chi connectivity index (χ4v) is 2.81. The Balaban J connectivity index is 2.16. The fraction of sp³-hybridized carbons (Fsp3) is 0.235. The summed E-state index contributed by atoms with van der Waals surface area (Å²) in [6.07, 6.45) is 2.02. The van der Waals surface area contributed by atoms with Gasteiger partial charge in [-0.2, -0.15) is 0 Å². The molecule has 0 unspecified atom stereocenters. The molecule has 3 rings (SSSR count). The molecule has 3 heteroatoms. The third-order valence-corrected chi connectivity index (χ3v) is 4.37. The number of carbonyl (C=O) groups excluding carboxylic acids is 1. The van der Waals surface area contributed by atoms with Crippen molar-refractivity contribution in [3.8, 4) is 0 Å². The van der Waals surface area contributed by atoms with Gasteiger partial charge in [0.15, 0.2) is 11.8 Å². The van der Waals surface area contributed by atoms with Crippen molar-refractivity contribution in [2.24, 2.45) is 0 Å². The van der Waals surface area contributed by atoms with Gasteiger partial charge in [-0.05, 0) is 17.0 Å². The molecule has 1 aliphatic carbocycles. The van der Waals surface area contributed by atoms with E-state index in [1.807, 2.05) is 50.5 Å². The molecular weight excluding hydrogens is 270 g/mol. The summed E-state index contributed by atoms with van der Waals surface area (Å²) in [5.74, 6) is 0.130. The highest BCUT2D eigenvalue weighted by molar-refractivity contribution is 6.23. The number of carbonyl (C=O) groups is 1. The number of hydrogen-bond donors (Lipinski definition) is 0. The van der Waals surface area contributed by atoms with Crippen LogP contribution in [0.3, 0.4) is 0 Å². The van der Waals surface area contributed by atoms with Crippen LogP contribution in [0.4, 0.5) is 0 Å². The van der Waals surface area contributed by atoms with Gasteiger partial charge in [-0.3, -0.25) is 4.79 Å². The van der Waals surface area contributed by atoms with E-state index < -0.39 is 0 Å². The third kappa shape index (κ3) is 2.15. The molecular formula is C17H17ClNO+. The van der Waals surface area contributed by atoms with E-state index >= 15 is 0 Å². The first-order chi connectivity index (χ1) is 9.52. The molecule has 1 aliphatic rings. The lowest BCUT2D eigenvalue weighted by molar-refractivity contribution is -0.873. The molecule has 0 heterocycles. The van der Waals surface area contributed by atoms with Crippen LogP contribution in [0.2, 0.25) is 0 Å². The van der Waals surface area contributed by atoms with Gasteiger partial charge in [0.05, 0.1) is 19.7 Å². The summed E-state index contributed by atoms with van der Waals surface area (Å²) in [6.45, 7) is 0.646. The molecule has 20 heavy (non-hydrogen) atoms. The zero-order chi connectivity index (χ0) is 14.3. The quantitative estimate of drug-likeness (QED) is 0.478. The molecule has 0 N–H and O–H groups in total. The molecule has 0 spiro atoms. The van der Waals surface area contributed by atoms with Gasteiger partial charge in [-0.25, -0.2) is 0 Å². The number of Topliss-reactive ketones (excluding diaryl/α,β-unsaturated/α-hetero) is 1. The van der Waals surface area contributed by atoms with Crippen LogP contribution in [0.5, 0.6) is 0 Å². The predicted molar refractivity (Wildman–Crippen MR) is 84.0 cm³/mol. The normalized spacial score (nSPS) is 14.6. The van der Waals surface area contributed by atoms with E-state index in [-0.39, 0.29) is 5.78 Å². The molecule has 0 atom stereocenters. The SMILES string of the molecule is C[N+](C)(CCl)CC1=Cc2cccc3cccc(c23)C1=O. The summed E-state index contributed by atoms with van der Waals surface area (Å²) in [6, 6.07) is 12.6. The Hall–Kier alpha value is -1.64. The number of quaternary nitrogens is 1. The Labute approximate surface area is 123 Å². The van der Waals surface area contributed by atoms with Crippen molar-refractivity contribution in [1.82, 2.24) is 0 Å². The van der Waals surface area contributed by atoms with Crippen molar-refractivity contribution in [1.29, 1.82) is 0 Å². The second-order valence-corrected chi connectivity index (χ2v) is 6.20. The first kappa shape index (κ1) is 13.3. The van der Waals surface area contributed by atoms with Gasteiger partial charge in [0.25, 0.3) is 0 Å². The van der Waals surface area contributed by atoms with Gasteiger partial charge < -0.3 is 4.48 Å². The van der Waals surface area contributed by atoms with Crippen LogP contribution >= 0.6 is 11.6 Å². The lowest BCUT2D eigenvalue weighted by atomic mass is 9.87. The largest absolute Gasteiger partial charge is 0.312 e. The fourth-order valence-electron chi connectivity index (χ4n) is 2.73. The summed E-state index contributed by atoms with van der Waals surface area (Å²) in [7, 11) is 4.06. The van der Waals surface area contributed by atoms with Crippen LogP contribution in [0, 0.1) is 0 Å². The van der Waals surface area contributed by atoms with Crippen molar-refractivity contribution >= 4 is 34.2 Å². The maximum atomic E-state index is 12.7. The molecule has 0 fully saturated rings. The van der Waals surface area contributed by atoms with Crippen molar-refractivity contribution in [3.05, 3.63) is 53.1 Å². The topological polar surface area (TPSA) is 17.1 Å². The van der Waals surface area contributed by atoms with Crippen LogP contribution in [-0.2, 0) is 0 Å². The molecule has 2 aromatic rings. The minimum absolute atomic E-state index is 0.130. The van der Waals surface area contributed by atoms with E-state index in [4.69, 9.17) is 11.6 Å². The minimum Gasteiger partial charge on any atom is -0.312 e. The number of likely N-dealkylation sites (N-methyl/N-ethyl adjacent to an activating group) is 1. The smallest absolute Gasteiger partial charge is 0.195 e. The zero-order valence-corrected chi connectivity index (χ0v) is 12.4. The van der Waals surface area contributed by atoms with E-state index in [9.17, 15) is 4.79 Å². The monoisotopic (exact) mass is 286 g/mol. The molecule has 0 saturated heterocycles. The van der Waals surface area contributed by atoms with E-state index in [1.54, 1.807) is 0 Å². The van der Waals surface area contributed by atoms with Crippen molar-refractivity contribution < 1.29 is 9.28 Å². The van der Waals surface area contributed by atoms with Crippen molar-refractivity contribution in [3.63, 3.8) is 0 Å². The highest BCUT2D eigenvalue weighted by Gasteiger charge is 2.26. The second kappa shape index (κ2) is 4.72. The van der Waals surface area contributed by atoms with E-state index in [0.29, 0.717) is 17.0 Å². The summed E-state index contributed by atoms with van der Waals surface area (Å²) in [5, 5.41) is 2.19. The maximum absolute atomic E-state index is 12.7. The number of ketones is 1. The summed E-state index contributed by atoms with van der Waals surface area (Å²) < 4.78 is 0.595. The molecule has 0 radical (unpaired) electrons. The number of halogens is 1. The number of rotatable bonds is 3. The molecule has 0 aromatic heterocycles. The van der Waals surface area contributed by atoms with Gasteiger partial charge in [-0.15, -0.1) is 0 Å². The average Bonchev–Trinajstić information content (AvgIpc) is 2.44. The van der Waals surface area contributed by atoms with Gasteiger partial charge >= 0.3 is 0 Å². The van der Waals surface area contributed by atoms with E-state index in [2.05, 4.69) is 6.07 Å². The standard InChI is InChI=1S/C17H17ClNO/c1-19(2,11-18)10-14-9-13-7-3-5-12-6-4-8-15(16(12)13)17(14)20/h3-9H,10-11H2,1-2H3/q+1. The van der Waals surface area contributed by atoms with Crippen molar-refractivity contribution in [2.75, 3.05) is 26.6 Å². The molecule has 0 bridgehead atoms. The molecule has 2 nitrogen and oxygen atoms in total. The summed E-state index contributed by atoms with van der Waals surface area (Å²) in [5.41, 5.74) is 2.77. The Kier molecular flexibility index (Phi) is 3.15. The number of hydrogen-bond acceptors (Lipinski definition) is 1. The Morgan fingerprint density at radius 3 is 2.50 bits per heavy atom. The van der Waals surface area contributed by atoms with Crippen molar-refractivity contribution in [2.45, 2.75) is 0 Å². The molecule has 2 aromatic carbocycles. The first-order valence-corrected chi connectivity index (χ1v) is 7.20. The number of nitrogens with zero attached hydrogens (tertiary/aromatic N) is 1. The molecule has 0 aliphatic heterocycles. The molecule has 102 valence electrons. The van der Waals surface area contributed by atoms with Crippen LogP contribution in [0.15, 0.2) is 42.0 Å². The minimum atomic E-state index is 0.130.